The second kappa shape index (κ2) is 5.38. The summed E-state index contributed by atoms with van der Waals surface area (Å²) in [6.07, 6.45) is 0. The third kappa shape index (κ3) is 3.30. The number of sulfonamides is 1. The van der Waals surface area contributed by atoms with E-state index >= 15 is 0 Å². The topological polar surface area (TPSA) is 66.4 Å². The van der Waals surface area contributed by atoms with Crippen molar-refractivity contribution in [2.24, 2.45) is 16.7 Å². The molecular weight excluding hydrogens is 286 g/mol. The van der Waals surface area contributed by atoms with Crippen LogP contribution in [-0.4, -0.2) is 20.1 Å². The maximum Gasteiger partial charge on any atom is 0.215 e. The molecule has 5 heteroatoms. The van der Waals surface area contributed by atoms with Crippen molar-refractivity contribution in [2.45, 2.75) is 40.1 Å². The van der Waals surface area contributed by atoms with Gasteiger partial charge in [-0.2, -0.15) is 0 Å². The normalized spacial score (nSPS) is 20.4. The summed E-state index contributed by atoms with van der Waals surface area (Å²) < 4.78 is 27.0. The van der Waals surface area contributed by atoms with Crippen LogP contribution >= 0.6 is 0 Å². The van der Waals surface area contributed by atoms with Crippen molar-refractivity contribution in [3.05, 3.63) is 35.4 Å². The Morgan fingerprint density at radius 3 is 1.95 bits per heavy atom. The van der Waals surface area contributed by atoms with Crippen molar-refractivity contribution in [2.75, 3.05) is 6.54 Å². The van der Waals surface area contributed by atoms with Crippen molar-refractivity contribution in [3.8, 4) is 0 Å². The van der Waals surface area contributed by atoms with Gasteiger partial charge in [-0.3, -0.25) is 0 Å². The summed E-state index contributed by atoms with van der Waals surface area (Å²) in [4.78, 5) is 0. The van der Waals surface area contributed by atoms with Gasteiger partial charge in [-0.15, -0.1) is 0 Å². The fourth-order valence-electron chi connectivity index (χ4n) is 3.07. The summed E-state index contributed by atoms with van der Waals surface area (Å²) >= 11 is 0. The minimum atomic E-state index is -3.32. The van der Waals surface area contributed by atoms with E-state index in [0.29, 0.717) is 12.5 Å². The first kappa shape index (κ1) is 16.5. The molecule has 1 aliphatic carbocycles. The van der Waals surface area contributed by atoms with E-state index in [0.717, 1.165) is 11.1 Å². The van der Waals surface area contributed by atoms with Gasteiger partial charge in [-0.1, -0.05) is 52.0 Å². The Morgan fingerprint density at radius 2 is 1.52 bits per heavy atom. The van der Waals surface area contributed by atoms with Crippen LogP contribution in [0.1, 0.15) is 38.8 Å². The minimum absolute atomic E-state index is 0.0215. The van der Waals surface area contributed by atoms with Crippen LogP contribution in [0.3, 0.4) is 0 Å². The van der Waals surface area contributed by atoms with Crippen molar-refractivity contribution in [1.82, 2.24) is 4.72 Å². The van der Waals surface area contributed by atoms with Gasteiger partial charge in [0, 0.05) is 6.54 Å². The van der Waals surface area contributed by atoms with Crippen LogP contribution < -0.4 is 4.72 Å². The number of hydrogen-bond acceptors (Lipinski definition) is 3. The van der Waals surface area contributed by atoms with E-state index in [1.807, 2.05) is 0 Å². The van der Waals surface area contributed by atoms with E-state index in [4.69, 9.17) is 5.11 Å². The largest absolute Gasteiger partial charge is 0.392 e. The minimum Gasteiger partial charge on any atom is -0.392 e. The zero-order valence-electron chi connectivity index (χ0n) is 13.2. The molecule has 4 nitrogen and oxygen atoms in total. The standard InChI is InChI=1S/C16H25NO3S/c1-15(2)14(16(15,3)4)9-17-21(19,20)11-13-7-5-12(10-18)6-8-13/h5-8,14,17-18H,9-11H2,1-4H3. The lowest BCUT2D eigenvalue weighted by Gasteiger charge is -2.08. The summed E-state index contributed by atoms with van der Waals surface area (Å²) in [6, 6.07) is 6.99. The molecule has 1 saturated carbocycles. The van der Waals surface area contributed by atoms with Crippen molar-refractivity contribution >= 4 is 10.0 Å². The molecule has 21 heavy (non-hydrogen) atoms. The van der Waals surface area contributed by atoms with E-state index < -0.39 is 10.0 Å². The molecule has 2 rings (SSSR count). The van der Waals surface area contributed by atoms with Gasteiger partial charge < -0.3 is 5.11 Å². The Balaban J connectivity index is 1.94. The third-order valence-electron chi connectivity index (χ3n) is 5.39. The van der Waals surface area contributed by atoms with Crippen LogP contribution in [0.4, 0.5) is 0 Å². The SMILES string of the molecule is CC1(C)C(CNS(=O)(=O)Cc2ccc(CO)cc2)C1(C)C. The van der Waals surface area contributed by atoms with Crippen molar-refractivity contribution < 1.29 is 13.5 Å². The van der Waals surface area contributed by atoms with E-state index in [9.17, 15) is 8.42 Å². The van der Waals surface area contributed by atoms with Crippen molar-refractivity contribution in [3.63, 3.8) is 0 Å². The number of benzene rings is 1. The molecule has 2 N–H and O–H groups in total. The number of aliphatic hydroxyl groups is 1. The molecule has 0 unspecified atom stereocenters. The molecule has 0 radical (unpaired) electrons. The zero-order valence-corrected chi connectivity index (χ0v) is 14.0. The Kier molecular flexibility index (Phi) is 4.21. The summed E-state index contributed by atoms with van der Waals surface area (Å²) in [5.41, 5.74) is 1.87. The number of rotatable bonds is 6. The molecule has 1 aliphatic rings. The van der Waals surface area contributed by atoms with Gasteiger partial charge >= 0.3 is 0 Å². The van der Waals surface area contributed by atoms with Crippen LogP contribution in [-0.2, 0) is 22.4 Å². The van der Waals surface area contributed by atoms with Crippen LogP contribution in [0.15, 0.2) is 24.3 Å². The molecule has 0 aromatic heterocycles. The molecule has 1 fully saturated rings. The van der Waals surface area contributed by atoms with Gasteiger partial charge in [-0.05, 0) is 27.9 Å². The van der Waals surface area contributed by atoms with Gasteiger partial charge in [0.05, 0.1) is 12.4 Å². The van der Waals surface area contributed by atoms with Crippen molar-refractivity contribution in [1.29, 1.82) is 0 Å². The van der Waals surface area contributed by atoms with E-state index in [-0.39, 0.29) is 23.2 Å². The monoisotopic (exact) mass is 311 g/mol. The van der Waals surface area contributed by atoms with Gasteiger partial charge in [0.2, 0.25) is 10.0 Å². The Labute approximate surface area is 127 Å². The molecule has 0 saturated heterocycles. The zero-order chi connectivity index (χ0) is 15.9. The highest BCUT2D eigenvalue weighted by atomic mass is 32.2. The second-order valence-electron chi connectivity index (χ2n) is 7.08. The fraction of sp³-hybridized carbons (Fsp3) is 0.625. The average Bonchev–Trinajstić information content (AvgIpc) is 2.77. The first-order valence-electron chi connectivity index (χ1n) is 7.26. The molecule has 0 heterocycles. The van der Waals surface area contributed by atoms with E-state index in [1.54, 1.807) is 24.3 Å². The molecule has 0 amide bonds. The molecular formula is C16H25NO3S. The van der Waals surface area contributed by atoms with Gasteiger partial charge in [0.25, 0.3) is 0 Å². The highest BCUT2D eigenvalue weighted by Gasteiger charge is 2.64. The molecule has 0 atom stereocenters. The Morgan fingerprint density at radius 1 is 1.05 bits per heavy atom. The van der Waals surface area contributed by atoms with Gasteiger partial charge in [-0.25, -0.2) is 13.1 Å². The summed E-state index contributed by atoms with van der Waals surface area (Å²) in [5, 5.41) is 8.98. The Hall–Kier alpha value is -0.910. The number of hydrogen-bond donors (Lipinski definition) is 2. The molecule has 0 bridgehead atoms. The quantitative estimate of drug-likeness (QED) is 0.847. The van der Waals surface area contributed by atoms with Crippen LogP contribution in [0.25, 0.3) is 0 Å². The number of aliphatic hydroxyl groups excluding tert-OH is 1. The highest BCUT2D eigenvalue weighted by Crippen LogP contribution is 2.67. The highest BCUT2D eigenvalue weighted by molar-refractivity contribution is 7.88. The maximum atomic E-state index is 12.1. The van der Waals surface area contributed by atoms with Gasteiger partial charge in [0.1, 0.15) is 0 Å². The van der Waals surface area contributed by atoms with Gasteiger partial charge in [0.15, 0.2) is 0 Å². The predicted octanol–water partition coefficient (Wildman–Crippen LogP) is 2.28. The number of nitrogens with one attached hydrogen (secondary N) is 1. The third-order valence-corrected chi connectivity index (χ3v) is 6.71. The summed E-state index contributed by atoms with van der Waals surface area (Å²) in [7, 11) is -3.32. The molecule has 0 spiro atoms. The molecule has 1 aromatic rings. The van der Waals surface area contributed by atoms with E-state index in [2.05, 4.69) is 32.4 Å². The van der Waals surface area contributed by atoms with Crippen LogP contribution in [0.5, 0.6) is 0 Å². The Bertz CT molecular complexity index is 589. The first-order chi connectivity index (χ1) is 9.60. The van der Waals surface area contributed by atoms with Crippen LogP contribution in [0, 0.1) is 16.7 Å². The summed E-state index contributed by atoms with van der Waals surface area (Å²) in [6.45, 7) is 9.19. The van der Waals surface area contributed by atoms with E-state index in [1.165, 1.54) is 0 Å². The fourth-order valence-corrected chi connectivity index (χ4v) is 4.22. The molecule has 0 aliphatic heterocycles. The lowest BCUT2D eigenvalue weighted by Crippen LogP contribution is -2.28. The lowest BCUT2D eigenvalue weighted by atomic mass is 10.0. The first-order valence-corrected chi connectivity index (χ1v) is 8.91. The second-order valence-corrected chi connectivity index (χ2v) is 8.88. The molecule has 1 aromatic carbocycles. The summed E-state index contributed by atoms with van der Waals surface area (Å²) in [5.74, 6) is 0.350. The maximum absolute atomic E-state index is 12.1. The lowest BCUT2D eigenvalue weighted by molar-refractivity contribution is 0.282. The average molecular weight is 311 g/mol. The predicted molar refractivity (Wildman–Crippen MR) is 84.0 cm³/mol. The molecule has 118 valence electrons. The van der Waals surface area contributed by atoms with Crippen LogP contribution in [0.2, 0.25) is 0 Å². The smallest absolute Gasteiger partial charge is 0.215 e.